The summed E-state index contributed by atoms with van der Waals surface area (Å²) >= 11 is 3.50. The summed E-state index contributed by atoms with van der Waals surface area (Å²) in [5.41, 5.74) is 8.07. The van der Waals surface area contributed by atoms with Crippen molar-refractivity contribution in [3.05, 3.63) is 34.1 Å². The molecule has 4 nitrogen and oxygen atoms in total. The Hall–Kier alpha value is -1.20. The van der Waals surface area contributed by atoms with Crippen molar-refractivity contribution in [2.75, 3.05) is 0 Å². The van der Waals surface area contributed by atoms with Crippen LogP contribution < -0.4 is 5.73 Å². The summed E-state index contributed by atoms with van der Waals surface area (Å²) in [6.45, 7) is 8.19. The second kappa shape index (κ2) is 5.06. The molecule has 0 fully saturated rings. The number of aryl methyl sites for hydroxylation is 1. The Morgan fingerprint density at radius 1 is 1.32 bits per heavy atom. The molecule has 2 N–H and O–H groups in total. The molecule has 0 aliphatic heterocycles. The molecule has 0 radical (unpaired) electrons. The highest BCUT2D eigenvalue weighted by molar-refractivity contribution is 9.10. The van der Waals surface area contributed by atoms with Crippen molar-refractivity contribution in [2.45, 2.75) is 33.7 Å². The molecule has 0 spiro atoms. The zero-order chi connectivity index (χ0) is 14.2. The number of rotatable bonds is 2. The van der Waals surface area contributed by atoms with E-state index in [9.17, 15) is 0 Å². The number of hydrogen-bond donors (Lipinski definition) is 1. The third-order valence-corrected chi connectivity index (χ3v) is 3.93. The first kappa shape index (κ1) is 14.2. The van der Waals surface area contributed by atoms with Crippen molar-refractivity contribution in [2.24, 2.45) is 11.1 Å². The second-order valence-electron chi connectivity index (χ2n) is 5.77. The number of hydrogen-bond acceptors (Lipinski definition) is 4. The summed E-state index contributed by atoms with van der Waals surface area (Å²) in [5.74, 6) is 1.04. The van der Waals surface area contributed by atoms with Crippen LogP contribution in [-0.2, 0) is 0 Å². The van der Waals surface area contributed by atoms with Crippen LogP contribution in [0.3, 0.4) is 0 Å². The highest BCUT2D eigenvalue weighted by Gasteiger charge is 2.27. The van der Waals surface area contributed by atoms with E-state index in [4.69, 9.17) is 10.3 Å². The minimum Gasteiger partial charge on any atom is -0.334 e. The molecule has 0 amide bonds. The molecule has 19 heavy (non-hydrogen) atoms. The summed E-state index contributed by atoms with van der Waals surface area (Å²) in [6.07, 6.45) is 0. The fourth-order valence-electron chi connectivity index (χ4n) is 1.59. The maximum absolute atomic E-state index is 6.12. The van der Waals surface area contributed by atoms with Crippen LogP contribution >= 0.6 is 15.9 Å². The van der Waals surface area contributed by atoms with Crippen LogP contribution in [0.1, 0.15) is 38.2 Å². The van der Waals surface area contributed by atoms with Gasteiger partial charge in [0.05, 0.1) is 6.04 Å². The van der Waals surface area contributed by atoms with Crippen LogP contribution in [-0.4, -0.2) is 10.1 Å². The first-order chi connectivity index (χ1) is 8.79. The molecule has 0 aliphatic rings. The quantitative estimate of drug-likeness (QED) is 0.911. The zero-order valence-corrected chi connectivity index (χ0v) is 13.2. The summed E-state index contributed by atoms with van der Waals surface area (Å²) in [7, 11) is 0. The molecular weight excluding hydrogens is 306 g/mol. The van der Waals surface area contributed by atoms with Gasteiger partial charge in [-0.05, 0) is 30.0 Å². The molecule has 0 bridgehead atoms. The number of nitrogens with two attached hydrogens (primary N) is 1. The Bertz CT molecular complexity index is 587. The number of aromatic nitrogens is 2. The predicted octanol–water partition coefficient (Wildman–Crippen LogP) is 3.85. The van der Waals surface area contributed by atoms with Crippen LogP contribution in [0.25, 0.3) is 11.5 Å². The third kappa shape index (κ3) is 3.04. The van der Waals surface area contributed by atoms with Crippen molar-refractivity contribution in [3.63, 3.8) is 0 Å². The van der Waals surface area contributed by atoms with Crippen LogP contribution in [0.5, 0.6) is 0 Å². The summed E-state index contributed by atoms with van der Waals surface area (Å²) in [6, 6.07) is 5.68. The number of benzene rings is 1. The molecule has 1 heterocycles. The maximum Gasteiger partial charge on any atom is 0.258 e. The smallest absolute Gasteiger partial charge is 0.258 e. The van der Waals surface area contributed by atoms with Gasteiger partial charge in [-0.3, -0.25) is 0 Å². The molecule has 102 valence electrons. The first-order valence-electron chi connectivity index (χ1n) is 6.15. The van der Waals surface area contributed by atoms with E-state index in [2.05, 4.69) is 46.8 Å². The first-order valence-corrected chi connectivity index (χ1v) is 6.94. The molecule has 1 atom stereocenters. The van der Waals surface area contributed by atoms with Crippen molar-refractivity contribution in [3.8, 4) is 11.5 Å². The fraction of sp³-hybridized carbons (Fsp3) is 0.429. The Labute approximate surface area is 121 Å². The van der Waals surface area contributed by atoms with Crippen LogP contribution in [0.2, 0.25) is 0 Å². The molecule has 1 aromatic carbocycles. The van der Waals surface area contributed by atoms with Gasteiger partial charge in [0.15, 0.2) is 5.82 Å². The van der Waals surface area contributed by atoms with Gasteiger partial charge in [0, 0.05) is 10.0 Å². The molecule has 0 saturated heterocycles. The summed E-state index contributed by atoms with van der Waals surface area (Å²) < 4.78 is 6.32. The van der Waals surface area contributed by atoms with E-state index < -0.39 is 0 Å². The van der Waals surface area contributed by atoms with E-state index in [1.165, 1.54) is 0 Å². The van der Waals surface area contributed by atoms with E-state index in [0.29, 0.717) is 11.7 Å². The average Bonchev–Trinajstić information content (AvgIpc) is 2.79. The lowest BCUT2D eigenvalue weighted by Crippen LogP contribution is -2.27. The van der Waals surface area contributed by atoms with Gasteiger partial charge in [-0.25, -0.2) is 0 Å². The van der Waals surface area contributed by atoms with Crippen LogP contribution in [0, 0.1) is 12.3 Å². The molecule has 0 aliphatic carbocycles. The van der Waals surface area contributed by atoms with Gasteiger partial charge in [0.1, 0.15) is 0 Å². The minimum absolute atomic E-state index is 0.102. The molecule has 2 aromatic rings. The van der Waals surface area contributed by atoms with Crippen molar-refractivity contribution < 1.29 is 4.52 Å². The normalized spacial score (nSPS) is 13.6. The summed E-state index contributed by atoms with van der Waals surface area (Å²) in [5, 5.41) is 3.98. The van der Waals surface area contributed by atoms with E-state index in [1.54, 1.807) is 0 Å². The summed E-state index contributed by atoms with van der Waals surface area (Å²) in [4.78, 5) is 4.39. The van der Waals surface area contributed by atoms with Gasteiger partial charge in [0.2, 0.25) is 0 Å². The number of nitrogens with zero attached hydrogens (tertiary/aromatic N) is 2. The predicted molar refractivity (Wildman–Crippen MR) is 78.6 cm³/mol. The van der Waals surface area contributed by atoms with Gasteiger partial charge in [-0.1, -0.05) is 47.9 Å². The van der Waals surface area contributed by atoms with Gasteiger partial charge in [0.25, 0.3) is 5.89 Å². The lowest BCUT2D eigenvalue weighted by atomic mass is 9.87. The molecule has 5 heteroatoms. The molecular formula is C14H18BrN3O. The van der Waals surface area contributed by atoms with E-state index in [-0.39, 0.29) is 11.5 Å². The Morgan fingerprint density at radius 3 is 2.58 bits per heavy atom. The van der Waals surface area contributed by atoms with E-state index >= 15 is 0 Å². The Balaban J connectivity index is 2.33. The van der Waals surface area contributed by atoms with Gasteiger partial charge < -0.3 is 10.3 Å². The van der Waals surface area contributed by atoms with E-state index in [1.807, 2.05) is 25.1 Å². The lowest BCUT2D eigenvalue weighted by Gasteiger charge is -2.23. The van der Waals surface area contributed by atoms with Crippen molar-refractivity contribution in [1.82, 2.24) is 10.1 Å². The lowest BCUT2D eigenvalue weighted by molar-refractivity contribution is 0.303. The molecule has 1 aromatic heterocycles. The highest BCUT2D eigenvalue weighted by atomic mass is 79.9. The molecule has 2 rings (SSSR count). The third-order valence-electron chi connectivity index (χ3n) is 3.07. The SMILES string of the molecule is Cc1ccc(-c2nc(C(N)C(C)(C)C)no2)cc1Br. The fourth-order valence-corrected chi connectivity index (χ4v) is 1.97. The number of halogens is 1. The van der Waals surface area contributed by atoms with Crippen LogP contribution in [0.15, 0.2) is 27.2 Å². The van der Waals surface area contributed by atoms with Crippen molar-refractivity contribution in [1.29, 1.82) is 0 Å². The molecule has 0 saturated carbocycles. The largest absolute Gasteiger partial charge is 0.334 e. The van der Waals surface area contributed by atoms with Gasteiger partial charge in [-0.2, -0.15) is 4.98 Å². The monoisotopic (exact) mass is 323 g/mol. The standard InChI is InChI=1S/C14H18BrN3O/c1-8-5-6-9(7-10(8)15)13-17-12(18-19-13)11(16)14(2,3)4/h5-7,11H,16H2,1-4H3. The van der Waals surface area contributed by atoms with E-state index in [0.717, 1.165) is 15.6 Å². The molecule has 1 unspecified atom stereocenters. The maximum atomic E-state index is 6.12. The van der Waals surface area contributed by atoms with Crippen LogP contribution in [0.4, 0.5) is 0 Å². The van der Waals surface area contributed by atoms with Gasteiger partial charge >= 0.3 is 0 Å². The Kier molecular flexibility index (Phi) is 3.78. The Morgan fingerprint density at radius 2 is 2.00 bits per heavy atom. The van der Waals surface area contributed by atoms with Gasteiger partial charge in [-0.15, -0.1) is 0 Å². The second-order valence-corrected chi connectivity index (χ2v) is 6.62. The zero-order valence-electron chi connectivity index (χ0n) is 11.6. The average molecular weight is 324 g/mol. The minimum atomic E-state index is -0.251. The topological polar surface area (TPSA) is 64.9 Å². The highest BCUT2D eigenvalue weighted by Crippen LogP contribution is 2.30. The van der Waals surface area contributed by atoms with Crippen molar-refractivity contribution >= 4 is 15.9 Å².